The highest BCUT2D eigenvalue weighted by Gasteiger charge is 2.51. The van der Waals surface area contributed by atoms with Crippen molar-refractivity contribution in [2.75, 3.05) is 0 Å². The van der Waals surface area contributed by atoms with Crippen molar-refractivity contribution >= 4 is 6.29 Å². The molecule has 0 fully saturated rings. The lowest BCUT2D eigenvalue weighted by atomic mass is 9.93. The van der Waals surface area contributed by atoms with Crippen molar-refractivity contribution in [2.45, 2.75) is 32.0 Å². The van der Waals surface area contributed by atoms with Gasteiger partial charge in [-0.15, -0.1) is 0 Å². The highest BCUT2D eigenvalue weighted by atomic mass is 19.4. The molecule has 0 aliphatic heterocycles. The number of aldehydes is 1. The van der Waals surface area contributed by atoms with Gasteiger partial charge >= 0.3 is 6.18 Å². The van der Waals surface area contributed by atoms with Crippen LogP contribution in [-0.4, -0.2) is 22.6 Å². The monoisotopic (exact) mass is 323 g/mol. The molecule has 1 heterocycles. The number of carbonyl (C=O) groups is 1. The highest BCUT2D eigenvalue weighted by Crippen LogP contribution is 2.39. The lowest BCUT2D eigenvalue weighted by molar-refractivity contribution is -0.258. The first-order valence-corrected chi connectivity index (χ1v) is 7.04. The van der Waals surface area contributed by atoms with E-state index in [1.54, 1.807) is 6.07 Å². The quantitative estimate of drug-likeness (QED) is 0.868. The van der Waals surface area contributed by atoms with Gasteiger partial charge in [-0.25, -0.2) is 0 Å². The summed E-state index contributed by atoms with van der Waals surface area (Å²) in [4.78, 5) is 15.0. The summed E-state index contributed by atoms with van der Waals surface area (Å²) in [6, 6.07) is 7.14. The van der Waals surface area contributed by atoms with E-state index in [-0.39, 0.29) is 5.56 Å². The number of carbonyl (C=O) groups excluding carboxylic acids is 1. The fraction of sp³-hybridized carbons (Fsp3) is 0.294. The second-order valence-electron chi connectivity index (χ2n) is 5.40. The van der Waals surface area contributed by atoms with Gasteiger partial charge in [0.05, 0.1) is 5.69 Å². The summed E-state index contributed by atoms with van der Waals surface area (Å²) in [6.45, 7) is 2.62. The molecular weight excluding hydrogens is 307 g/mol. The first kappa shape index (κ1) is 17.1. The van der Waals surface area contributed by atoms with E-state index in [2.05, 4.69) is 4.98 Å². The van der Waals surface area contributed by atoms with Gasteiger partial charge in [-0.2, -0.15) is 13.2 Å². The van der Waals surface area contributed by atoms with Crippen LogP contribution in [0, 0.1) is 0 Å². The largest absolute Gasteiger partial charge is 0.421 e. The van der Waals surface area contributed by atoms with Crippen LogP contribution in [0.1, 0.15) is 35.3 Å². The third-order valence-corrected chi connectivity index (χ3v) is 3.78. The van der Waals surface area contributed by atoms with E-state index in [4.69, 9.17) is 0 Å². The summed E-state index contributed by atoms with van der Waals surface area (Å²) in [5, 5.41) is 9.67. The zero-order chi connectivity index (χ0) is 17.3. The Balaban J connectivity index is 2.43. The van der Waals surface area contributed by atoms with E-state index in [1.165, 1.54) is 30.5 Å². The lowest BCUT2D eigenvalue weighted by Crippen LogP contribution is -2.39. The zero-order valence-corrected chi connectivity index (χ0v) is 12.7. The lowest BCUT2D eigenvalue weighted by Gasteiger charge is -2.26. The molecule has 122 valence electrons. The number of aromatic nitrogens is 1. The van der Waals surface area contributed by atoms with Gasteiger partial charge in [0.15, 0.2) is 11.9 Å². The Bertz CT molecular complexity index is 707. The third-order valence-electron chi connectivity index (χ3n) is 3.78. The zero-order valence-electron chi connectivity index (χ0n) is 12.7. The molecule has 0 spiro atoms. The van der Waals surface area contributed by atoms with Crippen molar-refractivity contribution in [3.05, 3.63) is 53.2 Å². The average molecular weight is 323 g/mol. The summed E-state index contributed by atoms with van der Waals surface area (Å²) in [6.07, 6.45) is -2.01. The molecular formula is C17H16F3NO2. The molecule has 1 unspecified atom stereocenters. The minimum absolute atomic E-state index is 0.240. The van der Waals surface area contributed by atoms with Crippen LogP contribution in [0.5, 0.6) is 0 Å². The second kappa shape index (κ2) is 6.12. The molecule has 0 aliphatic carbocycles. The number of aryl methyl sites for hydroxylation is 1. The van der Waals surface area contributed by atoms with Crippen molar-refractivity contribution in [3.8, 4) is 11.3 Å². The predicted molar refractivity (Wildman–Crippen MR) is 80.1 cm³/mol. The Morgan fingerprint density at radius 3 is 2.30 bits per heavy atom. The molecule has 1 aromatic heterocycles. The Hall–Kier alpha value is -2.21. The highest BCUT2D eigenvalue weighted by molar-refractivity contribution is 5.76. The normalized spacial score (nSPS) is 14.3. The maximum absolute atomic E-state index is 12.8. The molecule has 3 nitrogen and oxygen atoms in total. The van der Waals surface area contributed by atoms with Gasteiger partial charge in [0, 0.05) is 17.3 Å². The maximum atomic E-state index is 12.8. The van der Waals surface area contributed by atoms with Gasteiger partial charge in [-0.05, 0) is 30.5 Å². The topological polar surface area (TPSA) is 50.2 Å². The number of nitrogens with zero attached hydrogens (tertiary/aromatic N) is 1. The number of rotatable bonds is 4. The number of aliphatic hydroxyl groups is 1. The Morgan fingerprint density at radius 2 is 1.83 bits per heavy atom. The number of hydrogen-bond acceptors (Lipinski definition) is 3. The summed E-state index contributed by atoms with van der Waals surface area (Å²) in [7, 11) is 0. The first-order chi connectivity index (χ1) is 10.7. The second-order valence-corrected chi connectivity index (χ2v) is 5.40. The molecule has 1 atom stereocenters. The van der Waals surface area contributed by atoms with Crippen LogP contribution < -0.4 is 0 Å². The standard InChI is InChI=1S/C17H16F3NO2/c1-3-12-8-11(10-22)9-21-15(12)13-4-6-14(7-5-13)16(2,23)17(18,19)20/h4-10,23H,3H2,1-2H3. The number of alkyl halides is 3. The van der Waals surface area contributed by atoms with E-state index < -0.39 is 11.8 Å². The minimum Gasteiger partial charge on any atom is -0.376 e. The number of hydrogen-bond donors (Lipinski definition) is 1. The molecule has 2 aromatic rings. The number of halogens is 3. The number of pyridine rings is 1. The van der Waals surface area contributed by atoms with Gasteiger partial charge in [0.25, 0.3) is 0 Å². The van der Waals surface area contributed by atoms with Crippen LogP contribution in [-0.2, 0) is 12.0 Å². The molecule has 1 aromatic carbocycles. The molecule has 0 amide bonds. The third kappa shape index (κ3) is 3.27. The van der Waals surface area contributed by atoms with Gasteiger partial charge in [0.2, 0.25) is 0 Å². The van der Waals surface area contributed by atoms with E-state index in [9.17, 15) is 23.1 Å². The van der Waals surface area contributed by atoms with Crippen molar-refractivity contribution < 1.29 is 23.1 Å². The molecule has 2 rings (SSSR count). The summed E-state index contributed by atoms with van der Waals surface area (Å²) >= 11 is 0. The minimum atomic E-state index is -4.76. The average Bonchev–Trinajstić information content (AvgIpc) is 2.53. The smallest absolute Gasteiger partial charge is 0.376 e. The van der Waals surface area contributed by atoms with Crippen LogP contribution in [0.15, 0.2) is 36.5 Å². The van der Waals surface area contributed by atoms with Crippen molar-refractivity contribution in [3.63, 3.8) is 0 Å². The van der Waals surface area contributed by atoms with Crippen molar-refractivity contribution in [1.82, 2.24) is 4.98 Å². The summed E-state index contributed by atoms with van der Waals surface area (Å²) < 4.78 is 38.5. The molecule has 0 aliphatic rings. The van der Waals surface area contributed by atoms with Crippen LogP contribution in [0.4, 0.5) is 13.2 Å². The molecule has 0 saturated carbocycles. The fourth-order valence-electron chi connectivity index (χ4n) is 2.24. The van der Waals surface area contributed by atoms with E-state index in [0.29, 0.717) is 29.5 Å². The van der Waals surface area contributed by atoms with Gasteiger partial charge in [0.1, 0.15) is 0 Å². The van der Waals surface area contributed by atoms with Crippen LogP contribution in [0.3, 0.4) is 0 Å². The van der Waals surface area contributed by atoms with E-state index in [1.807, 2.05) is 6.92 Å². The molecule has 0 radical (unpaired) electrons. The molecule has 0 bridgehead atoms. The first-order valence-electron chi connectivity index (χ1n) is 7.04. The predicted octanol–water partition coefficient (Wildman–Crippen LogP) is 3.89. The summed E-state index contributed by atoms with van der Waals surface area (Å²) in [5.41, 5.74) is -0.644. The summed E-state index contributed by atoms with van der Waals surface area (Å²) in [5.74, 6) is 0. The Morgan fingerprint density at radius 1 is 1.22 bits per heavy atom. The SMILES string of the molecule is CCc1cc(C=O)cnc1-c1ccc(C(C)(O)C(F)(F)F)cc1. The fourth-order valence-corrected chi connectivity index (χ4v) is 2.24. The molecule has 23 heavy (non-hydrogen) atoms. The maximum Gasteiger partial charge on any atom is 0.421 e. The van der Waals surface area contributed by atoms with E-state index >= 15 is 0 Å². The van der Waals surface area contributed by atoms with Gasteiger partial charge in [-0.1, -0.05) is 31.2 Å². The molecule has 6 heteroatoms. The molecule has 0 saturated heterocycles. The van der Waals surface area contributed by atoms with Crippen LogP contribution >= 0.6 is 0 Å². The van der Waals surface area contributed by atoms with Crippen molar-refractivity contribution in [1.29, 1.82) is 0 Å². The Kier molecular flexibility index (Phi) is 4.56. The van der Waals surface area contributed by atoms with E-state index in [0.717, 1.165) is 12.5 Å². The van der Waals surface area contributed by atoms with Crippen LogP contribution in [0.2, 0.25) is 0 Å². The number of benzene rings is 1. The Labute approximate surface area is 131 Å². The van der Waals surface area contributed by atoms with Crippen molar-refractivity contribution in [2.24, 2.45) is 0 Å². The van der Waals surface area contributed by atoms with Gasteiger partial charge < -0.3 is 5.11 Å². The van der Waals surface area contributed by atoms with Crippen LogP contribution in [0.25, 0.3) is 11.3 Å². The van der Waals surface area contributed by atoms with Gasteiger partial charge in [-0.3, -0.25) is 9.78 Å². The molecule has 1 N–H and O–H groups in total.